The van der Waals surface area contributed by atoms with Crippen molar-refractivity contribution in [3.63, 3.8) is 0 Å². The third-order valence-electron chi connectivity index (χ3n) is 2.25. The predicted octanol–water partition coefficient (Wildman–Crippen LogP) is 1.33. The molecule has 1 heterocycles. The first-order valence-electron chi connectivity index (χ1n) is 5.09. The zero-order valence-corrected chi connectivity index (χ0v) is 9.33. The molecule has 0 spiro atoms. The Labute approximate surface area is 94.2 Å². The Hall–Kier alpha value is -1.85. The molecule has 5 heteroatoms. The lowest BCUT2D eigenvalue weighted by Crippen LogP contribution is -2.17. The van der Waals surface area contributed by atoms with Crippen LogP contribution in [0.25, 0.3) is 10.9 Å². The van der Waals surface area contributed by atoms with Crippen molar-refractivity contribution in [2.24, 2.45) is 0 Å². The molecule has 0 aliphatic rings. The summed E-state index contributed by atoms with van der Waals surface area (Å²) >= 11 is 0. The Morgan fingerprint density at radius 3 is 2.62 bits per heavy atom. The van der Waals surface area contributed by atoms with Crippen LogP contribution in [0.2, 0.25) is 0 Å². The number of nitrogens with one attached hydrogen (secondary N) is 4. The SMILES string of the molecule is CNNc1cc(NNC)c2cccnc2c1. The van der Waals surface area contributed by atoms with Gasteiger partial charge >= 0.3 is 0 Å². The monoisotopic (exact) mass is 217 g/mol. The van der Waals surface area contributed by atoms with Crippen molar-refractivity contribution in [3.8, 4) is 0 Å². The van der Waals surface area contributed by atoms with E-state index in [1.807, 2.05) is 38.4 Å². The van der Waals surface area contributed by atoms with E-state index in [1.54, 1.807) is 6.20 Å². The van der Waals surface area contributed by atoms with Gasteiger partial charge in [0.15, 0.2) is 0 Å². The van der Waals surface area contributed by atoms with Crippen LogP contribution in [0.1, 0.15) is 0 Å². The van der Waals surface area contributed by atoms with Crippen LogP contribution in [-0.2, 0) is 0 Å². The van der Waals surface area contributed by atoms with E-state index in [2.05, 4.69) is 26.7 Å². The van der Waals surface area contributed by atoms with Crippen LogP contribution in [0.15, 0.2) is 30.5 Å². The molecule has 4 N–H and O–H groups in total. The summed E-state index contributed by atoms with van der Waals surface area (Å²) in [5, 5.41) is 1.08. The number of benzene rings is 1. The van der Waals surface area contributed by atoms with Crippen molar-refractivity contribution < 1.29 is 0 Å². The summed E-state index contributed by atoms with van der Waals surface area (Å²) in [6, 6.07) is 7.96. The van der Waals surface area contributed by atoms with Crippen molar-refractivity contribution in [2.45, 2.75) is 0 Å². The molecule has 2 aromatic rings. The lowest BCUT2D eigenvalue weighted by atomic mass is 10.1. The molecule has 0 saturated heterocycles. The topological polar surface area (TPSA) is 61.0 Å². The maximum Gasteiger partial charge on any atom is 0.0744 e. The predicted molar refractivity (Wildman–Crippen MR) is 67.1 cm³/mol. The fraction of sp³-hybridized carbons (Fsp3) is 0.182. The van der Waals surface area contributed by atoms with Gasteiger partial charge in [0, 0.05) is 25.7 Å². The second-order valence-corrected chi connectivity index (χ2v) is 3.34. The Balaban J connectivity index is 2.54. The third-order valence-corrected chi connectivity index (χ3v) is 2.25. The van der Waals surface area contributed by atoms with Crippen LogP contribution in [0.4, 0.5) is 11.4 Å². The standard InChI is InChI=1S/C11H15N5/c1-12-15-8-6-10-9(4-3-5-14-10)11(7-8)16-13-2/h3-7,12-13,15-16H,1-2H3. The molecule has 5 nitrogen and oxygen atoms in total. The molecule has 1 aromatic heterocycles. The summed E-state index contributed by atoms with van der Waals surface area (Å²) in [7, 11) is 3.66. The summed E-state index contributed by atoms with van der Waals surface area (Å²) in [6.45, 7) is 0. The summed E-state index contributed by atoms with van der Waals surface area (Å²) in [6.07, 6.45) is 1.79. The molecule has 0 aliphatic heterocycles. The highest BCUT2D eigenvalue weighted by atomic mass is 15.3. The minimum absolute atomic E-state index is 0.945. The second kappa shape index (κ2) is 4.78. The van der Waals surface area contributed by atoms with E-state index in [0.29, 0.717) is 0 Å². The first-order chi connectivity index (χ1) is 7.85. The van der Waals surface area contributed by atoms with Gasteiger partial charge in [-0.1, -0.05) is 0 Å². The quantitative estimate of drug-likeness (QED) is 0.582. The van der Waals surface area contributed by atoms with Gasteiger partial charge in [-0.25, -0.2) is 10.9 Å². The van der Waals surface area contributed by atoms with Crippen molar-refractivity contribution in [3.05, 3.63) is 30.5 Å². The highest BCUT2D eigenvalue weighted by molar-refractivity contribution is 5.94. The first-order valence-corrected chi connectivity index (χ1v) is 5.09. The number of hydrogen-bond acceptors (Lipinski definition) is 5. The minimum atomic E-state index is 0.945. The fourth-order valence-electron chi connectivity index (χ4n) is 1.64. The third kappa shape index (κ3) is 2.05. The molecular weight excluding hydrogens is 202 g/mol. The lowest BCUT2D eigenvalue weighted by Gasteiger charge is -2.11. The molecule has 0 bridgehead atoms. The Bertz CT molecular complexity index is 483. The van der Waals surface area contributed by atoms with Gasteiger partial charge in [0.25, 0.3) is 0 Å². The lowest BCUT2D eigenvalue weighted by molar-refractivity contribution is 0.976. The Morgan fingerprint density at radius 1 is 1.06 bits per heavy atom. The van der Waals surface area contributed by atoms with Gasteiger partial charge in [-0.3, -0.25) is 4.98 Å². The van der Waals surface area contributed by atoms with E-state index < -0.39 is 0 Å². The number of pyridine rings is 1. The molecule has 0 atom stereocenters. The van der Waals surface area contributed by atoms with Gasteiger partial charge in [0.2, 0.25) is 0 Å². The number of hydrazine groups is 2. The fourth-order valence-corrected chi connectivity index (χ4v) is 1.64. The largest absolute Gasteiger partial charge is 0.322 e. The maximum atomic E-state index is 4.33. The summed E-state index contributed by atoms with van der Waals surface area (Å²) < 4.78 is 0. The van der Waals surface area contributed by atoms with Crippen molar-refractivity contribution in [2.75, 3.05) is 24.9 Å². The van der Waals surface area contributed by atoms with Crippen LogP contribution in [-0.4, -0.2) is 19.1 Å². The van der Waals surface area contributed by atoms with E-state index in [-0.39, 0.29) is 0 Å². The van der Waals surface area contributed by atoms with Gasteiger partial charge in [0.05, 0.1) is 16.9 Å². The Kier molecular flexibility index (Phi) is 3.19. The molecule has 0 amide bonds. The number of fused-ring (bicyclic) bond motifs is 1. The average Bonchev–Trinajstić information content (AvgIpc) is 2.30. The molecule has 16 heavy (non-hydrogen) atoms. The average molecular weight is 217 g/mol. The smallest absolute Gasteiger partial charge is 0.0744 e. The first kappa shape index (κ1) is 10.7. The molecule has 2 rings (SSSR count). The molecule has 1 aromatic carbocycles. The molecule has 0 aliphatic carbocycles. The molecule has 0 unspecified atom stereocenters. The summed E-state index contributed by atoms with van der Waals surface area (Å²) in [5.74, 6) is 0. The zero-order valence-electron chi connectivity index (χ0n) is 9.33. The number of hydrogen-bond donors (Lipinski definition) is 4. The van der Waals surface area contributed by atoms with Gasteiger partial charge in [-0.05, 0) is 24.3 Å². The van der Waals surface area contributed by atoms with Crippen molar-refractivity contribution in [1.82, 2.24) is 15.8 Å². The molecule has 0 fully saturated rings. The molecule has 0 saturated carbocycles. The molecule has 84 valence electrons. The van der Waals surface area contributed by atoms with E-state index in [9.17, 15) is 0 Å². The van der Waals surface area contributed by atoms with Gasteiger partial charge in [0.1, 0.15) is 0 Å². The van der Waals surface area contributed by atoms with Gasteiger partial charge in [-0.2, -0.15) is 0 Å². The molecule has 0 radical (unpaired) electrons. The number of rotatable bonds is 4. The van der Waals surface area contributed by atoms with Crippen LogP contribution in [0.5, 0.6) is 0 Å². The van der Waals surface area contributed by atoms with Crippen LogP contribution in [0, 0.1) is 0 Å². The summed E-state index contributed by atoms with van der Waals surface area (Å²) in [5.41, 5.74) is 14.8. The van der Waals surface area contributed by atoms with E-state index in [0.717, 1.165) is 22.3 Å². The van der Waals surface area contributed by atoms with E-state index >= 15 is 0 Å². The van der Waals surface area contributed by atoms with Crippen molar-refractivity contribution in [1.29, 1.82) is 0 Å². The Morgan fingerprint density at radius 2 is 1.88 bits per heavy atom. The maximum absolute atomic E-state index is 4.33. The van der Waals surface area contributed by atoms with E-state index in [4.69, 9.17) is 0 Å². The van der Waals surface area contributed by atoms with Crippen LogP contribution < -0.4 is 21.7 Å². The van der Waals surface area contributed by atoms with Crippen molar-refractivity contribution >= 4 is 22.3 Å². The number of aromatic nitrogens is 1. The number of nitrogens with zero attached hydrogens (tertiary/aromatic N) is 1. The normalized spacial score (nSPS) is 10.4. The highest BCUT2D eigenvalue weighted by Crippen LogP contribution is 2.25. The van der Waals surface area contributed by atoms with Gasteiger partial charge in [-0.15, -0.1) is 0 Å². The zero-order chi connectivity index (χ0) is 11.4. The highest BCUT2D eigenvalue weighted by Gasteiger charge is 2.03. The minimum Gasteiger partial charge on any atom is -0.322 e. The second-order valence-electron chi connectivity index (χ2n) is 3.34. The van der Waals surface area contributed by atoms with E-state index in [1.165, 1.54) is 0 Å². The van der Waals surface area contributed by atoms with Gasteiger partial charge < -0.3 is 10.9 Å². The van der Waals surface area contributed by atoms with Crippen LogP contribution >= 0.6 is 0 Å². The van der Waals surface area contributed by atoms with Crippen LogP contribution in [0.3, 0.4) is 0 Å². The molecular formula is C11H15N5. The number of anilines is 2. The summed E-state index contributed by atoms with van der Waals surface area (Å²) in [4.78, 5) is 4.33.